The van der Waals surface area contributed by atoms with Crippen LogP contribution in [0.4, 0.5) is 5.69 Å². The third-order valence-corrected chi connectivity index (χ3v) is 5.39. The van der Waals surface area contributed by atoms with Crippen LogP contribution in [-0.2, 0) is 22.6 Å². The van der Waals surface area contributed by atoms with Crippen LogP contribution in [-0.4, -0.2) is 47.7 Å². The number of amides is 3. The number of anilines is 1. The van der Waals surface area contributed by atoms with E-state index in [0.717, 1.165) is 17.5 Å². The summed E-state index contributed by atoms with van der Waals surface area (Å²) in [6.45, 7) is 2.23. The highest BCUT2D eigenvalue weighted by Crippen LogP contribution is 2.29. The van der Waals surface area contributed by atoms with E-state index in [0.29, 0.717) is 29.1 Å². The van der Waals surface area contributed by atoms with Crippen LogP contribution in [0, 0.1) is 0 Å². The van der Waals surface area contributed by atoms with Crippen molar-refractivity contribution in [3.8, 4) is 0 Å². The second-order valence-electron chi connectivity index (χ2n) is 7.68. The molecular weight excluding hydrogens is 402 g/mol. The fourth-order valence-electron chi connectivity index (χ4n) is 3.63. The van der Waals surface area contributed by atoms with E-state index < -0.39 is 6.04 Å². The lowest BCUT2D eigenvalue weighted by Gasteiger charge is -2.37. The zero-order valence-corrected chi connectivity index (χ0v) is 18.2. The molecule has 0 spiro atoms. The molecule has 0 aromatic heterocycles. The standard InChI is InChI=1S/C23H26ClN3O3/c1-4-6-21(28)25-19-10-9-15-13-20(23(30)26(2)3)27(14-17(15)12-19)22(29)16-7-5-8-18(24)11-16/h5,7-12,20H,4,6,13-14H2,1-3H3,(H,25,28)/t20-/m0/s1. The van der Waals surface area contributed by atoms with E-state index in [4.69, 9.17) is 11.6 Å². The van der Waals surface area contributed by atoms with Crippen LogP contribution in [0.2, 0.25) is 5.02 Å². The van der Waals surface area contributed by atoms with Crippen LogP contribution in [0.3, 0.4) is 0 Å². The lowest BCUT2D eigenvalue weighted by molar-refractivity contribution is -0.134. The highest BCUT2D eigenvalue weighted by atomic mass is 35.5. The van der Waals surface area contributed by atoms with Crippen molar-refractivity contribution >= 4 is 35.0 Å². The van der Waals surface area contributed by atoms with Gasteiger partial charge in [0.1, 0.15) is 6.04 Å². The minimum Gasteiger partial charge on any atom is -0.347 e. The van der Waals surface area contributed by atoms with E-state index in [1.807, 2.05) is 25.1 Å². The first kappa shape index (κ1) is 21.8. The van der Waals surface area contributed by atoms with Gasteiger partial charge in [0, 0.05) is 49.8 Å². The number of carbonyl (C=O) groups excluding carboxylic acids is 3. The lowest BCUT2D eigenvalue weighted by Crippen LogP contribution is -2.52. The summed E-state index contributed by atoms with van der Waals surface area (Å²) in [7, 11) is 3.37. The lowest BCUT2D eigenvalue weighted by atomic mass is 9.92. The molecule has 1 atom stereocenters. The molecule has 0 saturated heterocycles. The van der Waals surface area contributed by atoms with E-state index in [1.165, 1.54) is 4.90 Å². The topological polar surface area (TPSA) is 69.7 Å². The van der Waals surface area contributed by atoms with Crippen molar-refractivity contribution < 1.29 is 14.4 Å². The normalized spacial score (nSPS) is 15.3. The van der Waals surface area contributed by atoms with E-state index in [1.54, 1.807) is 43.3 Å². The van der Waals surface area contributed by atoms with Gasteiger partial charge in [-0.05, 0) is 47.9 Å². The highest BCUT2D eigenvalue weighted by molar-refractivity contribution is 6.31. The van der Waals surface area contributed by atoms with E-state index in [2.05, 4.69) is 5.32 Å². The summed E-state index contributed by atoms with van der Waals surface area (Å²) in [5, 5.41) is 3.36. The predicted molar refractivity (Wildman–Crippen MR) is 117 cm³/mol. The Morgan fingerprint density at radius 1 is 1.13 bits per heavy atom. The van der Waals surface area contributed by atoms with Gasteiger partial charge >= 0.3 is 0 Å². The SMILES string of the molecule is CCCC(=O)Nc1ccc2c(c1)CN(C(=O)c1cccc(Cl)c1)[C@H](C(=O)N(C)C)C2. The summed E-state index contributed by atoms with van der Waals surface area (Å²) in [4.78, 5) is 41.2. The van der Waals surface area contributed by atoms with Crippen LogP contribution >= 0.6 is 11.6 Å². The molecule has 0 fully saturated rings. The van der Waals surface area contributed by atoms with Crippen molar-refractivity contribution in [2.75, 3.05) is 19.4 Å². The monoisotopic (exact) mass is 427 g/mol. The molecule has 7 heteroatoms. The van der Waals surface area contributed by atoms with Gasteiger partial charge < -0.3 is 15.1 Å². The van der Waals surface area contributed by atoms with Crippen molar-refractivity contribution in [3.63, 3.8) is 0 Å². The summed E-state index contributed by atoms with van der Waals surface area (Å²) in [6.07, 6.45) is 1.64. The number of hydrogen-bond donors (Lipinski definition) is 1. The number of nitrogens with one attached hydrogen (secondary N) is 1. The number of carbonyl (C=O) groups is 3. The Hall–Kier alpha value is -2.86. The molecule has 158 valence electrons. The maximum Gasteiger partial charge on any atom is 0.254 e. The zero-order chi connectivity index (χ0) is 21.8. The maximum atomic E-state index is 13.3. The third-order valence-electron chi connectivity index (χ3n) is 5.16. The van der Waals surface area contributed by atoms with E-state index >= 15 is 0 Å². The first-order valence-electron chi connectivity index (χ1n) is 9.99. The van der Waals surface area contributed by atoms with Crippen LogP contribution in [0.1, 0.15) is 41.3 Å². The number of nitrogens with zero attached hydrogens (tertiary/aromatic N) is 2. The van der Waals surface area contributed by atoms with Gasteiger partial charge in [0.25, 0.3) is 5.91 Å². The molecule has 2 aromatic carbocycles. The fraction of sp³-hybridized carbons (Fsp3) is 0.348. The first-order valence-corrected chi connectivity index (χ1v) is 10.4. The van der Waals surface area contributed by atoms with Gasteiger partial charge in [0.2, 0.25) is 11.8 Å². The van der Waals surface area contributed by atoms with Gasteiger partial charge in [0.05, 0.1) is 0 Å². The molecule has 3 amide bonds. The molecule has 30 heavy (non-hydrogen) atoms. The number of likely N-dealkylation sites (N-methyl/N-ethyl adjacent to an activating group) is 1. The number of rotatable bonds is 5. The number of hydrogen-bond acceptors (Lipinski definition) is 3. The molecule has 0 bridgehead atoms. The molecule has 0 aliphatic carbocycles. The second kappa shape index (κ2) is 9.30. The number of benzene rings is 2. The largest absolute Gasteiger partial charge is 0.347 e. The van der Waals surface area contributed by atoms with Crippen molar-refractivity contribution in [2.45, 2.75) is 38.8 Å². The quantitative estimate of drug-likeness (QED) is 0.790. The molecule has 6 nitrogen and oxygen atoms in total. The smallest absolute Gasteiger partial charge is 0.254 e. The Bertz CT molecular complexity index is 974. The summed E-state index contributed by atoms with van der Waals surface area (Å²) in [5.41, 5.74) is 3.05. The van der Waals surface area contributed by atoms with Crippen LogP contribution in [0.15, 0.2) is 42.5 Å². The second-order valence-corrected chi connectivity index (χ2v) is 8.11. The Morgan fingerprint density at radius 2 is 1.90 bits per heavy atom. The maximum absolute atomic E-state index is 13.3. The Morgan fingerprint density at radius 3 is 2.57 bits per heavy atom. The molecule has 0 unspecified atom stereocenters. The van der Waals surface area contributed by atoms with Crippen molar-refractivity contribution in [1.29, 1.82) is 0 Å². The van der Waals surface area contributed by atoms with E-state index in [-0.39, 0.29) is 24.3 Å². The number of fused-ring (bicyclic) bond motifs is 1. The van der Waals surface area contributed by atoms with Crippen LogP contribution in [0.5, 0.6) is 0 Å². The Kier molecular flexibility index (Phi) is 6.77. The third kappa shape index (κ3) is 4.82. The predicted octanol–water partition coefficient (Wildman–Crippen LogP) is 3.73. The minimum absolute atomic E-state index is 0.0409. The zero-order valence-electron chi connectivity index (χ0n) is 17.4. The van der Waals surface area contributed by atoms with Gasteiger partial charge in [-0.2, -0.15) is 0 Å². The van der Waals surface area contributed by atoms with Gasteiger partial charge in [-0.15, -0.1) is 0 Å². The average molecular weight is 428 g/mol. The molecular formula is C23H26ClN3O3. The Balaban J connectivity index is 1.94. The average Bonchev–Trinajstić information content (AvgIpc) is 2.71. The molecule has 1 N–H and O–H groups in total. The Labute approximate surface area is 181 Å². The molecule has 0 saturated carbocycles. The van der Waals surface area contributed by atoms with Gasteiger partial charge in [0.15, 0.2) is 0 Å². The molecule has 1 aliphatic rings. The van der Waals surface area contributed by atoms with E-state index in [9.17, 15) is 14.4 Å². The van der Waals surface area contributed by atoms with Crippen LogP contribution in [0.25, 0.3) is 0 Å². The first-order chi connectivity index (χ1) is 14.3. The summed E-state index contributed by atoms with van der Waals surface area (Å²) >= 11 is 6.07. The molecule has 0 radical (unpaired) electrons. The highest BCUT2D eigenvalue weighted by Gasteiger charge is 2.36. The van der Waals surface area contributed by atoms with Crippen molar-refractivity contribution in [2.24, 2.45) is 0 Å². The van der Waals surface area contributed by atoms with Gasteiger partial charge in [-0.25, -0.2) is 0 Å². The molecule has 1 aliphatic heterocycles. The molecule has 1 heterocycles. The van der Waals surface area contributed by atoms with Gasteiger partial charge in [-0.1, -0.05) is 30.7 Å². The van der Waals surface area contributed by atoms with Crippen molar-refractivity contribution in [1.82, 2.24) is 9.80 Å². The summed E-state index contributed by atoms with van der Waals surface area (Å²) in [6, 6.07) is 11.8. The minimum atomic E-state index is -0.598. The van der Waals surface area contributed by atoms with Crippen molar-refractivity contribution in [3.05, 3.63) is 64.2 Å². The number of halogens is 1. The fourth-order valence-corrected chi connectivity index (χ4v) is 3.82. The molecule has 3 rings (SSSR count). The van der Waals surface area contributed by atoms with Gasteiger partial charge in [-0.3, -0.25) is 14.4 Å². The molecule has 2 aromatic rings. The summed E-state index contributed by atoms with van der Waals surface area (Å²) < 4.78 is 0. The van der Waals surface area contributed by atoms with Crippen LogP contribution < -0.4 is 5.32 Å². The summed E-state index contributed by atoms with van der Waals surface area (Å²) in [5.74, 6) is -0.416.